The van der Waals surface area contributed by atoms with E-state index in [4.69, 9.17) is 10.6 Å². The summed E-state index contributed by atoms with van der Waals surface area (Å²) >= 11 is 0. The van der Waals surface area contributed by atoms with Gasteiger partial charge in [0.05, 0.1) is 25.5 Å². The molecule has 0 aromatic carbocycles. The monoisotopic (exact) mass is 242 g/mol. The van der Waals surface area contributed by atoms with Gasteiger partial charge >= 0.3 is 0 Å². The highest BCUT2D eigenvalue weighted by molar-refractivity contribution is 5.81. The standard InChI is InChI=1S/C10H18N4O3/c1-7(5-17-16-2)14-10(15)9(11)3-8-4-12-6-13-8/h4,6-7,9H,3,5,11H2,1-2H3,(H,12,13)(H,14,15)/t7-,9?/m0/s1. The maximum absolute atomic E-state index is 11.7. The summed E-state index contributed by atoms with van der Waals surface area (Å²) in [4.78, 5) is 27.6. The van der Waals surface area contributed by atoms with Gasteiger partial charge in [0.1, 0.15) is 6.61 Å². The topological polar surface area (TPSA) is 102 Å². The van der Waals surface area contributed by atoms with Gasteiger partial charge in [-0.25, -0.2) is 14.8 Å². The summed E-state index contributed by atoms with van der Waals surface area (Å²) in [6.07, 6.45) is 3.61. The van der Waals surface area contributed by atoms with Crippen molar-refractivity contribution in [3.05, 3.63) is 18.2 Å². The second-order valence-corrected chi connectivity index (χ2v) is 3.75. The summed E-state index contributed by atoms with van der Waals surface area (Å²) in [7, 11) is 1.42. The zero-order valence-corrected chi connectivity index (χ0v) is 9.97. The second kappa shape index (κ2) is 7.00. The van der Waals surface area contributed by atoms with E-state index in [2.05, 4.69) is 20.2 Å². The highest BCUT2D eigenvalue weighted by atomic mass is 17.2. The summed E-state index contributed by atoms with van der Waals surface area (Å²) in [5, 5.41) is 2.72. The van der Waals surface area contributed by atoms with Crippen molar-refractivity contribution in [1.29, 1.82) is 0 Å². The van der Waals surface area contributed by atoms with Gasteiger partial charge in [-0.05, 0) is 6.92 Å². The van der Waals surface area contributed by atoms with Gasteiger partial charge in [-0.15, -0.1) is 0 Å². The Morgan fingerprint density at radius 3 is 3.06 bits per heavy atom. The van der Waals surface area contributed by atoms with Crippen LogP contribution in [0.1, 0.15) is 12.6 Å². The summed E-state index contributed by atoms with van der Waals surface area (Å²) < 4.78 is 0. The normalized spacial score (nSPS) is 14.3. The van der Waals surface area contributed by atoms with Gasteiger partial charge in [-0.1, -0.05) is 0 Å². The van der Waals surface area contributed by atoms with Crippen LogP contribution in [0.5, 0.6) is 0 Å². The van der Waals surface area contributed by atoms with Crippen molar-refractivity contribution >= 4 is 5.91 Å². The minimum atomic E-state index is -0.611. The Bertz CT molecular complexity index is 328. The van der Waals surface area contributed by atoms with E-state index in [1.165, 1.54) is 7.11 Å². The number of hydrogen-bond acceptors (Lipinski definition) is 5. The average molecular weight is 242 g/mol. The first-order chi connectivity index (χ1) is 8.13. The molecule has 7 heteroatoms. The van der Waals surface area contributed by atoms with Crippen molar-refractivity contribution in [1.82, 2.24) is 15.3 Å². The SMILES string of the molecule is COOC[C@H](C)NC(=O)C(N)Cc1cnc[nH]1. The molecule has 1 heterocycles. The third kappa shape index (κ3) is 4.94. The van der Waals surface area contributed by atoms with Crippen molar-refractivity contribution in [2.45, 2.75) is 25.4 Å². The molecule has 7 nitrogen and oxygen atoms in total. The predicted molar refractivity (Wildman–Crippen MR) is 60.8 cm³/mol. The number of aromatic amines is 1. The molecule has 0 fully saturated rings. The zero-order chi connectivity index (χ0) is 12.7. The van der Waals surface area contributed by atoms with E-state index in [-0.39, 0.29) is 18.6 Å². The van der Waals surface area contributed by atoms with Crippen molar-refractivity contribution in [2.75, 3.05) is 13.7 Å². The van der Waals surface area contributed by atoms with E-state index in [1.807, 2.05) is 0 Å². The molecule has 0 saturated carbocycles. The molecule has 1 rings (SSSR count). The number of carbonyl (C=O) groups excluding carboxylic acids is 1. The van der Waals surface area contributed by atoms with E-state index in [1.54, 1.807) is 19.4 Å². The van der Waals surface area contributed by atoms with Crippen molar-refractivity contribution in [3.63, 3.8) is 0 Å². The lowest BCUT2D eigenvalue weighted by Gasteiger charge is -2.16. The van der Waals surface area contributed by atoms with E-state index >= 15 is 0 Å². The molecule has 0 aliphatic carbocycles. The van der Waals surface area contributed by atoms with Gasteiger partial charge in [-0.3, -0.25) is 4.79 Å². The third-order valence-electron chi connectivity index (χ3n) is 2.16. The molecular weight excluding hydrogens is 224 g/mol. The Labute approximate surface area is 99.6 Å². The fourth-order valence-corrected chi connectivity index (χ4v) is 1.29. The van der Waals surface area contributed by atoms with Crippen molar-refractivity contribution in [2.24, 2.45) is 5.73 Å². The number of nitrogens with two attached hydrogens (primary N) is 1. The quantitative estimate of drug-likeness (QED) is 0.436. The van der Waals surface area contributed by atoms with Crippen LogP contribution in [0, 0.1) is 0 Å². The van der Waals surface area contributed by atoms with Gasteiger partial charge in [0.25, 0.3) is 0 Å². The largest absolute Gasteiger partial charge is 0.350 e. The van der Waals surface area contributed by atoms with Gasteiger partial charge < -0.3 is 16.0 Å². The first-order valence-electron chi connectivity index (χ1n) is 5.32. The number of nitrogens with zero attached hydrogens (tertiary/aromatic N) is 1. The lowest BCUT2D eigenvalue weighted by molar-refractivity contribution is -0.275. The lowest BCUT2D eigenvalue weighted by atomic mass is 10.1. The molecule has 17 heavy (non-hydrogen) atoms. The molecule has 0 aliphatic rings. The molecular formula is C10H18N4O3. The minimum Gasteiger partial charge on any atom is -0.350 e. The third-order valence-corrected chi connectivity index (χ3v) is 2.16. The molecule has 96 valence electrons. The lowest BCUT2D eigenvalue weighted by Crippen LogP contribution is -2.46. The highest BCUT2D eigenvalue weighted by Crippen LogP contribution is 1.97. The number of nitrogens with one attached hydrogen (secondary N) is 2. The smallest absolute Gasteiger partial charge is 0.237 e. The predicted octanol–water partition coefficient (Wildman–Crippen LogP) is -0.638. The van der Waals surface area contributed by atoms with Crippen LogP contribution in [-0.4, -0.2) is 41.7 Å². The van der Waals surface area contributed by atoms with Gasteiger partial charge in [0, 0.05) is 18.3 Å². The van der Waals surface area contributed by atoms with Crippen molar-refractivity contribution < 1.29 is 14.6 Å². The van der Waals surface area contributed by atoms with Crippen LogP contribution in [0.4, 0.5) is 0 Å². The number of aromatic nitrogens is 2. The molecule has 0 radical (unpaired) electrons. The van der Waals surface area contributed by atoms with Gasteiger partial charge in [0.2, 0.25) is 5.91 Å². The Morgan fingerprint density at radius 1 is 1.71 bits per heavy atom. The van der Waals surface area contributed by atoms with Crippen LogP contribution >= 0.6 is 0 Å². The average Bonchev–Trinajstić information content (AvgIpc) is 2.78. The van der Waals surface area contributed by atoms with Gasteiger partial charge in [0.15, 0.2) is 0 Å². The Hall–Kier alpha value is -1.44. The number of H-pyrrole nitrogens is 1. The van der Waals surface area contributed by atoms with E-state index in [0.29, 0.717) is 6.42 Å². The number of hydrogen-bond donors (Lipinski definition) is 3. The van der Waals surface area contributed by atoms with E-state index < -0.39 is 6.04 Å². The second-order valence-electron chi connectivity index (χ2n) is 3.75. The fraction of sp³-hybridized carbons (Fsp3) is 0.600. The van der Waals surface area contributed by atoms with Crippen LogP contribution in [-0.2, 0) is 21.0 Å². The number of carbonyl (C=O) groups is 1. The maximum atomic E-state index is 11.7. The highest BCUT2D eigenvalue weighted by Gasteiger charge is 2.16. The number of rotatable bonds is 7. The molecule has 0 spiro atoms. The summed E-state index contributed by atoms with van der Waals surface area (Å²) in [5.41, 5.74) is 6.58. The molecule has 1 amide bonds. The molecule has 2 atom stereocenters. The molecule has 0 saturated heterocycles. The first-order valence-corrected chi connectivity index (χ1v) is 5.32. The first kappa shape index (κ1) is 13.6. The number of imidazole rings is 1. The zero-order valence-electron chi connectivity index (χ0n) is 9.97. The van der Waals surface area contributed by atoms with E-state index in [9.17, 15) is 4.79 Å². The van der Waals surface area contributed by atoms with Crippen LogP contribution in [0.25, 0.3) is 0 Å². The van der Waals surface area contributed by atoms with Crippen molar-refractivity contribution in [3.8, 4) is 0 Å². The molecule has 0 aliphatic heterocycles. The minimum absolute atomic E-state index is 0.157. The maximum Gasteiger partial charge on any atom is 0.237 e. The number of amides is 1. The summed E-state index contributed by atoms with van der Waals surface area (Å²) in [6, 6.07) is -0.768. The van der Waals surface area contributed by atoms with Crippen LogP contribution in [0.3, 0.4) is 0 Å². The summed E-state index contributed by atoms with van der Waals surface area (Å²) in [6.45, 7) is 2.08. The Balaban J connectivity index is 2.31. The van der Waals surface area contributed by atoms with Crippen LogP contribution in [0.15, 0.2) is 12.5 Å². The Morgan fingerprint density at radius 2 is 2.47 bits per heavy atom. The van der Waals surface area contributed by atoms with Crippen LogP contribution in [0.2, 0.25) is 0 Å². The molecule has 1 unspecified atom stereocenters. The van der Waals surface area contributed by atoms with Gasteiger partial charge in [-0.2, -0.15) is 0 Å². The molecule has 4 N–H and O–H groups in total. The molecule has 1 aromatic heterocycles. The molecule has 0 bridgehead atoms. The summed E-state index contributed by atoms with van der Waals surface area (Å²) in [5.74, 6) is -0.230. The Kier molecular flexibility index (Phi) is 5.61. The molecule has 1 aromatic rings. The fourth-order valence-electron chi connectivity index (χ4n) is 1.29. The van der Waals surface area contributed by atoms with Crippen LogP contribution < -0.4 is 11.1 Å². The van der Waals surface area contributed by atoms with E-state index in [0.717, 1.165) is 5.69 Å².